The lowest BCUT2D eigenvalue weighted by Gasteiger charge is -2.26. The van der Waals surface area contributed by atoms with Gasteiger partial charge in [0.05, 0.1) is 16.3 Å². The fraction of sp³-hybridized carbons (Fsp3) is 0.226. The van der Waals surface area contributed by atoms with Crippen molar-refractivity contribution in [3.05, 3.63) is 106 Å². The van der Waals surface area contributed by atoms with Crippen LogP contribution in [-0.4, -0.2) is 43.4 Å². The molecule has 3 aromatic carbocycles. The van der Waals surface area contributed by atoms with Gasteiger partial charge in [-0.1, -0.05) is 24.3 Å². The minimum Gasteiger partial charge on any atom is -0.338 e. The number of benzene rings is 3. The zero-order valence-corrected chi connectivity index (χ0v) is 22.5. The van der Waals surface area contributed by atoms with Crippen molar-refractivity contribution < 1.29 is 14.5 Å². The average molecular weight is 549 g/mol. The monoisotopic (exact) mass is 548 g/mol. The molecule has 0 bridgehead atoms. The predicted molar refractivity (Wildman–Crippen MR) is 155 cm³/mol. The van der Waals surface area contributed by atoms with Crippen molar-refractivity contribution in [2.24, 2.45) is 12.0 Å². The van der Waals surface area contributed by atoms with E-state index in [0.717, 1.165) is 36.3 Å². The Morgan fingerprint density at radius 3 is 2.54 bits per heavy atom. The first-order chi connectivity index (χ1) is 19.9. The van der Waals surface area contributed by atoms with Crippen LogP contribution in [0.25, 0.3) is 11.4 Å². The third-order valence-electron chi connectivity index (χ3n) is 7.59. The van der Waals surface area contributed by atoms with Gasteiger partial charge < -0.3 is 14.8 Å². The van der Waals surface area contributed by atoms with Gasteiger partial charge >= 0.3 is 0 Å². The third-order valence-corrected chi connectivity index (χ3v) is 7.59. The van der Waals surface area contributed by atoms with Gasteiger partial charge in [-0.05, 0) is 54.3 Å². The number of nitro benzene ring substituents is 1. The van der Waals surface area contributed by atoms with Gasteiger partial charge in [0.2, 0.25) is 11.8 Å². The Kier molecular flexibility index (Phi) is 6.88. The number of carbonyl (C=O) groups excluding carboxylic acids is 2. The van der Waals surface area contributed by atoms with E-state index in [2.05, 4.69) is 10.3 Å². The first-order valence-electron chi connectivity index (χ1n) is 13.5. The summed E-state index contributed by atoms with van der Waals surface area (Å²) in [6.45, 7) is 1.28. The Bertz CT molecular complexity index is 1670. The van der Waals surface area contributed by atoms with Crippen LogP contribution >= 0.6 is 0 Å². The van der Waals surface area contributed by atoms with Crippen molar-refractivity contribution in [3.8, 4) is 11.4 Å². The second-order valence-electron chi connectivity index (χ2n) is 10.3. The Balaban J connectivity index is 1.39. The van der Waals surface area contributed by atoms with E-state index in [9.17, 15) is 19.7 Å². The number of nitro groups is 1. The lowest BCUT2D eigenvalue weighted by molar-refractivity contribution is -0.384. The highest BCUT2D eigenvalue weighted by Crippen LogP contribution is 2.38. The van der Waals surface area contributed by atoms with E-state index in [0.29, 0.717) is 41.2 Å². The maximum absolute atomic E-state index is 13.3. The fourth-order valence-corrected chi connectivity index (χ4v) is 5.43. The van der Waals surface area contributed by atoms with E-state index in [1.54, 1.807) is 12.3 Å². The molecule has 41 heavy (non-hydrogen) atoms. The largest absolute Gasteiger partial charge is 0.338 e. The summed E-state index contributed by atoms with van der Waals surface area (Å²) < 4.78 is 1.93. The number of non-ortho nitro benzene ring substituents is 1. The number of nitrogens with zero attached hydrogens (tertiary/aromatic N) is 5. The van der Waals surface area contributed by atoms with Gasteiger partial charge in [-0.15, -0.1) is 0 Å². The molecule has 10 heteroatoms. The molecular formula is C31H28N6O4. The van der Waals surface area contributed by atoms with Gasteiger partial charge in [0.15, 0.2) is 0 Å². The molecule has 3 heterocycles. The van der Waals surface area contributed by atoms with Crippen molar-refractivity contribution >= 4 is 34.6 Å². The first-order valence-corrected chi connectivity index (χ1v) is 13.5. The summed E-state index contributed by atoms with van der Waals surface area (Å²) in [5, 5.41) is 14.4. The highest BCUT2D eigenvalue weighted by Gasteiger charge is 2.36. The number of aryl methyl sites for hydroxylation is 1. The Morgan fingerprint density at radius 2 is 1.85 bits per heavy atom. The van der Waals surface area contributed by atoms with Gasteiger partial charge in [0.1, 0.15) is 11.7 Å². The maximum Gasteiger partial charge on any atom is 0.269 e. The van der Waals surface area contributed by atoms with E-state index in [1.807, 2.05) is 71.2 Å². The van der Waals surface area contributed by atoms with E-state index in [4.69, 9.17) is 4.99 Å². The predicted octanol–water partition coefficient (Wildman–Crippen LogP) is 5.36. The van der Waals surface area contributed by atoms with Crippen LogP contribution in [0.1, 0.15) is 41.9 Å². The SMILES string of the molecule is Cn1ccnc1-c1ccc(N=C(c2ccc(CN3CCCCC3=O)cc2)C2C(=O)Nc3ccc([N+](=O)[O-])cc32)cc1. The third kappa shape index (κ3) is 5.23. The van der Waals surface area contributed by atoms with Crippen LogP contribution in [0.15, 0.2) is 84.1 Å². The zero-order chi connectivity index (χ0) is 28.5. The molecule has 1 unspecified atom stereocenters. The lowest BCUT2D eigenvalue weighted by Crippen LogP contribution is -2.34. The number of rotatable bonds is 7. The number of aromatic nitrogens is 2. The molecule has 6 rings (SSSR count). The number of likely N-dealkylation sites (tertiary alicyclic amines) is 1. The molecule has 0 saturated carbocycles. The highest BCUT2D eigenvalue weighted by atomic mass is 16.6. The number of amides is 2. The standard InChI is InChI=1S/C31H28N6O4/c1-35-17-15-32-30(35)22-9-11-23(12-10-22)33-29(28-25-18-24(37(40)41)13-14-26(25)34-31(28)39)21-7-5-20(6-8-21)19-36-16-3-2-4-27(36)38/h5-15,17-18,28H,2-4,16,19H2,1H3,(H,34,39). The second kappa shape index (κ2) is 10.8. The average Bonchev–Trinajstić information content (AvgIpc) is 3.55. The van der Waals surface area contributed by atoms with Crippen molar-refractivity contribution in [3.63, 3.8) is 0 Å². The molecule has 0 radical (unpaired) electrons. The molecule has 1 saturated heterocycles. The summed E-state index contributed by atoms with van der Waals surface area (Å²) >= 11 is 0. The number of hydrogen-bond acceptors (Lipinski definition) is 6. The van der Waals surface area contributed by atoms with Crippen molar-refractivity contribution in [1.29, 1.82) is 0 Å². The number of fused-ring (bicyclic) bond motifs is 1. The molecule has 10 nitrogen and oxygen atoms in total. The lowest BCUT2D eigenvalue weighted by atomic mass is 9.90. The van der Waals surface area contributed by atoms with Crippen LogP contribution in [0.2, 0.25) is 0 Å². The van der Waals surface area contributed by atoms with Crippen LogP contribution in [0.4, 0.5) is 17.1 Å². The minimum absolute atomic E-state index is 0.0921. The second-order valence-corrected chi connectivity index (χ2v) is 10.3. The molecule has 4 aromatic rings. The highest BCUT2D eigenvalue weighted by molar-refractivity contribution is 6.24. The number of piperidine rings is 1. The van der Waals surface area contributed by atoms with Crippen LogP contribution in [-0.2, 0) is 23.2 Å². The molecule has 1 atom stereocenters. The topological polar surface area (TPSA) is 123 Å². The Labute approximate surface area is 236 Å². The Hall–Kier alpha value is -5.12. The van der Waals surface area contributed by atoms with Crippen LogP contribution in [0.3, 0.4) is 0 Å². The summed E-state index contributed by atoms with van der Waals surface area (Å²) in [5.74, 6) is -0.155. The molecule has 0 aliphatic carbocycles. The van der Waals surface area contributed by atoms with E-state index in [1.165, 1.54) is 12.1 Å². The zero-order valence-electron chi connectivity index (χ0n) is 22.5. The minimum atomic E-state index is -0.839. The van der Waals surface area contributed by atoms with Gasteiger partial charge in [-0.3, -0.25) is 24.7 Å². The molecule has 0 spiro atoms. The van der Waals surface area contributed by atoms with Crippen LogP contribution in [0, 0.1) is 10.1 Å². The quantitative estimate of drug-likeness (QED) is 0.189. The Morgan fingerprint density at radius 1 is 1.07 bits per heavy atom. The summed E-state index contributed by atoms with van der Waals surface area (Å²) in [6, 6.07) is 19.6. The van der Waals surface area contributed by atoms with Crippen molar-refractivity contribution in [2.75, 3.05) is 11.9 Å². The normalized spacial score (nSPS) is 17.0. The maximum atomic E-state index is 13.3. The summed E-state index contributed by atoms with van der Waals surface area (Å²) in [5.41, 5.74) is 4.68. The van der Waals surface area contributed by atoms with E-state index >= 15 is 0 Å². The first kappa shape index (κ1) is 26.1. The van der Waals surface area contributed by atoms with Gasteiger partial charge in [-0.2, -0.15) is 0 Å². The molecule has 2 aliphatic heterocycles. The number of aliphatic imine (C=N–C) groups is 1. The van der Waals surface area contributed by atoms with Crippen molar-refractivity contribution in [1.82, 2.24) is 14.5 Å². The summed E-state index contributed by atoms with van der Waals surface area (Å²) in [6.07, 6.45) is 6.12. The molecule has 1 fully saturated rings. The molecule has 2 amide bonds. The van der Waals surface area contributed by atoms with Crippen LogP contribution < -0.4 is 5.32 Å². The van der Waals surface area contributed by atoms with Gasteiger partial charge in [0, 0.05) is 67.9 Å². The number of nitrogens with one attached hydrogen (secondary N) is 1. The summed E-state index contributed by atoms with van der Waals surface area (Å²) in [4.78, 5) is 47.9. The van der Waals surface area contributed by atoms with Crippen LogP contribution in [0.5, 0.6) is 0 Å². The number of carbonyl (C=O) groups is 2. The molecule has 2 aliphatic rings. The van der Waals surface area contributed by atoms with Gasteiger partial charge in [0.25, 0.3) is 5.69 Å². The fourth-order valence-electron chi connectivity index (χ4n) is 5.43. The number of anilines is 1. The van der Waals surface area contributed by atoms with E-state index in [-0.39, 0.29) is 17.5 Å². The number of imidazole rings is 1. The number of hydrogen-bond donors (Lipinski definition) is 1. The smallest absolute Gasteiger partial charge is 0.269 e. The molecule has 206 valence electrons. The molecular weight excluding hydrogens is 520 g/mol. The van der Waals surface area contributed by atoms with Gasteiger partial charge in [-0.25, -0.2) is 4.98 Å². The van der Waals surface area contributed by atoms with E-state index < -0.39 is 10.8 Å². The molecule has 1 N–H and O–H groups in total. The summed E-state index contributed by atoms with van der Waals surface area (Å²) in [7, 11) is 1.92. The molecule has 1 aromatic heterocycles. The van der Waals surface area contributed by atoms with Crippen molar-refractivity contribution in [2.45, 2.75) is 31.7 Å².